The summed E-state index contributed by atoms with van der Waals surface area (Å²) in [6.45, 7) is 4.30. The normalized spacial score (nSPS) is 13.8. The first-order valence-electron chi connectivity index (χ1n) is 6.50. The second kappa shape index (κ2) is 6.34. The van der Waals surface area contributed by atoms with E-state index >= 15 is 0 Å². The quantitative estimate of drug-likeness (QED) is 0.889. The van der Waals surface area contributed by atoms with E-state index in [9.17, 15) is 0 Å². The van der Waals surface area contributed by atoms with Gasteiger partial charge < -0.3 is 10.1 Å². The van der Waals surface area contributed by atoms with E-state index in [0.717, 1.165) is 5.75 Å². The van der Waals surface area contributed by atoms with Crippen molar-refractivity contribution < 1.29 is 4.74 Å². The van der Waals surface area contributed by atoms with Crippen LogP contribution in [0.1, 0.15) is 37.1 Å². The largest absolute Gasteiger partial charge is 0.497 e. The van der Waals surface area contributed by atoms with Crippen molar-refractivity contribution in [3.63, 3.8) is 0 Å². The van der Waals surface area contributed by atoms with Gasteiger partial charge in [-0.25, -0.2) is 0 Å². The predicted octanol–water partition coefficient (Wildman–Crippen LogP) is 3.50. The van der Waals surface area contributed by atoms with Crippen LogP contribution in [0.15, 0.2) is 48.8 Å². The van der Waals surface area contributed by atoms with Crippen molar-refractivity contribution in [2.24, 2.45) is 0 Å². The maximum Gasteiger partial charge on any atom is 0.119 e. The molecular weight excluding hydrogens is 236 g/mol. The highest BCUT2D eigenvalue weighted by Gasteiger charge is 2.11. The van der Waals surface area contributed by atoms with Crippen molar-refractivity contribution in [1.29, 1.82) is 0 Å². The van der Waals surface area contributed by atoms with E-state index in [1.807, 2.05) is 24.4 Å². The van der Waals surface area contributed by atoms with Crippen molar-refractivity contribution >= 4 is 0 Å². The lowest BCUT2D eigenvalue weighted by Crippen LogP contribution is -2.22. The molecule has 0 saturated heterocycles. The Labute approximate surface area is 114 Å². The first-order valence-corrected chi connectivity index (χ1v) is 6.50. The van der Waals surface area contributed by atoms with Crippen LogP contribution in [0.25, 0.3) is 0 Å². The van der Waals surface area contributed by atoms with E-state index in [0.29, 0.717) is 0 Å². The number of benzene rings is 1. The molecule has 0 fully saturated rings. The number of pyridine rings is 1. The first kappa shape index (κ1) is 13.6. The van der Waals surface area contributed by atoms with Crippen molar-refractivity contribution in [3.8, 4) is 5.75 Å². The summed E-state index contributed by atoms with van der Waals surface area (Å²) < 4.78 is 5.26. The second-order valence-corrected chi connectivity index (χ2v) is 4.67. The highest BCUT2D eigenvalue weighted by Crippen LogP contribution is 2.22. The fourth-order valence-electron chi connectivity index (χ4n) is 2.11. The molecular formula is C16H20N2O. The van der Waals surface area contributed by atoms with E-state index in [1.54, 1.807) is 13.3 Å². The van der Waals surface area contributed by atoms with Gasteiger partial charge in [-0.1, -0.05) is 18.2 Å². The third-order valence-corrected chi connectivity index (χ3v) is 3.28. The van der Waals surface area contributed by atoms with Crippen LogP contribution < -0.4 is 10.1 Å². The molecule has 19 heavy (non-hydrogen) atoms. The molecule has 100 valence electrons. The Morgan fingerprint density at radius 2 is 1.79 bits per heavy atom. The summed E-state index contributed by atoms with van der Waals surface area (Å²) in [5.41, 5.74) is 2.41. The molecule has 2 aromatic rings. The minimum absolute atomic E-state index is 0.255. The first-order chi connectivity index (χ1) is 9.20. The van der Waals surface area contributed by atoms with Gasteiger partial charge in [-0.2, -0.15) is 0 Å². The van der Waals surface area contributed by atoms with Crippen LogP contribution >= 0.6 is 0 Å². The Bertz CT molecular complexity index is 513. The Morgan fingerprint density at radius 1 is 1.05 bits per heavy atom. The summed E-state index contributed by atoms with van der Waals surface area (Å²) in [5, 5.41) is 3.57. The zero-order valence-corrected chi connectivity index (χ0v) is 11.6. The molecule has 1 N–H and O–H groups in total. The molecule has 1 heterocycles. The zero-order chi connectivity index (χ0) is 13.7. The maximum atomic E-state index is 5.26. The average molecular weight is 256 g/mol. The number of ether oxygens (including phenoxy) is 1. The molecule has 0 spiro atoms. The van der Waals surface area contributed by atoms with E-state index in [1.165, 1.54) is 11.1 Å². The summed E-state index contributed by atoms with van der Waals surface area (Å²) in [7, 11) is 1.69. The predicted molar refractivity (Wildman–Crippen MR) is 77.2 cm³/mol. The van der Waals surface area contributed by atoms with Crippen molar-refractivity contribution in [2.75, 3.05) is 7.11 Å². The number of hydrogen-bond acceptors (Lipinski definition) is 3. The molecule has 3 nitrogen and oxygen atoms in total. The lowest BCUT2D eigenvalue weighted by atomic mass is 10.1. The van der Waals surface area contributed by atoms with E-state index in [-0.39, 0.29) is 12.1 Å². The number of hydrogen-bond donors (Lipinski definition) is 1. The standard InChI is InChI=1S/C16H20N2O/c1-12(14-6-4-8-16(10-14)19-3)18-13(2)15-7-5-9-17-11-15/h4-13,18H,1-3H3. The third kappa shape index (κ3) is 3.55. The van der Waals surface area contributed by atoms with Crippen LogP contribution in [0.2, 0.25) is 0 Å². The third-order valence-electron chi connectivity index (χ3n) is 3.28. The molecule has 0 aliphatic heterocycles. The highest BCUT2D eigenvalue weighted by molar-refractivity contribution is 5.30. The number of aromatic nitrogens is 1. The Balaban J connectivity index is 2.06. The number of rotatable bonds is 5. The molecule has 2 atom stereocenters. The van der Waals surface area contributed by atoms with Gasteiger partial charge in [0.05, 0.1) is 7.11 Å². The lowest BCUT2D eigenvalue weighted by molar-refractivity contribution is 0.412. The van der Waals surface area contributed by atoms with Gasteiger partial charge in [0.1, 0.15) is 5.75 Å². The number of methoxy groups -OCH3 is 1. The lowest BCUT2D eigenvalue weighted by Gasteiger charge is -2.20. The molecule has 1 aromatic heterocycles. The monoisotopic (exact) mass is 256 g/mol. The van der Waals surface area contributed by atoms with Crippen molar-refractivity contribution in [3.05, 3.63) is 59.9 Å². The summed E-state index contributed by atoms with van der Waals surface area (Å²) in [4.78, 5) is 4.15. The summed E-state index contributed by atoms with van der Waals surface area (Å²) in [5.74, 6) is 0.889. The Hall–Kier alpha value is -1.87. The van der Waals surface area contributed by atoms with Crippen LogP contribution in [0, 0.1) is 0 Å². The average Bonchev–Trinajstić information content (AvgIpc) is 2.48. The molecule has 3 heteroatoms. The molecule has 0 aliphatic carbocycles. The molecule has 2 rings (SSSR count). The van der Waals surface area contributed by atoms with Crippen LogP contribution in [-0.2, 0) is 0 Å². The number of nitrogens with zero attached hydrogens (tertiary/aromatic N) is 1. The summed E-state index contributed by atoms with van der Waals surface area (Å²) >= 11 is 0. The van der Waals surface area contributed by atoms with Crippen LogP contribution in [0.4, 0.5) is 0 Å². The highest BCUT2D eigenvalue weighted by atomic mass is 16.5. The fraction of sp³-hybridized carbons (Fsp3) is 0.312. The summed E-state index contributed by atoms with van der Waals surface area (Å²) in [6, 6.07) is 12.7. The number of nitrogens with one attached hydrogen (secondary N) is 1. The zero-order valence-electron chi connectivity index (χ0n) is 11.6. The molecule has 0 saturated carbocycles. The van der Waals surface area contributed by atoms with Crippen LogP contribution in [0.5, 0.6) is 5.75 Å². The summed E-state index contributed by atoms with van der Waals surface area (Å²) in [6.07, 6.45) is 3.69. The molecule has 0 amide bonds. The van der Waals surface area contributed by atoms with Gasteiger partial charge >= 0.3 is 0 Å². The van der Waals surface area contributed by atoms with Gasteiger partial charge in [0.15, 0.2) is 0 Å². The molecule has 0 radical (unpaired) electrons. The van der Waals surface area contributed by atoms with Crippen LogP contribution in [0.3, 0.4) is 0 Å². The molecule has 2 unspecified atom stereocenters. The van der Waals surface area contributed by atoms with Gasteiger partial charge in [0.25, 0.3) is 0 Å². The van der Waals surface area contributed by atoms with Gasteiger partial charge in [0, 0.05) is 24.5 Å². The van der Waals surface area contributed by atoms with Gasteiger partial charge in [-0.3, -0.25) is 4.98 Å². The van der Waals surface area contributed by atoms with Gasteiger partial charge in [-0.15, -0.1) is 0 Å². The Kier molecular flexibility index (Phi) is 4.53. The fourth-order valence-corrected chi connectivity index (χ4v) is 2.11. The SMILES string of the molecule is COc1cccc(C(C)NC(C)c2cccnc2)c1. The smallest absolute Gasteiger partial charge is 0.119 e. The van der Waals surface area contributed by atoms with E-state index < -0.39 is 0 Å². The minimum Gasteiger partial charge on any atom is -0.497 e. The van der Waals surface area contributed by atoms with Crippen molar-refractivity contribution in [2.45, 2.75) is 25.9 Å². The molecule has 0 bridgehead atoms. The molecule has 0 aliphatic rings. The van der Waals surface area contributed by atoms with E-state index in [2.05, 4.69) is 42.3 Å². The van der Waals surface area contributed by atoms with Gasteiger partial charge in [0.2, 0.25) is 0 Å². The van der Waals surface area contributed by atoms with Gasteiger partial charge in [-0.05, 0) is 43.2 Å². The second-order valence-electron chi connectivity index (χ2n) is 4.67. The maximum absolute atomic E-state index is 5.26. The topological polar surface area (TPSA) is 34.1 Å². The molecule has 1 aromatic carbocycles. The van der Waals surface area contributed by atoms with E-state index in [4.69, 9.17) is 4.74 Å². The Morgan fingerprint density at radius 3 is 2.47 bits per heavy atom. The minimum atomic E-state index is 0.255. The van der Waals surface area contributed by atoms with Crippen LogP contribution in [-0.4, -0.2) is 12.1 Å². The van der Waals surface area contributed by atoms with Crippen molar-refractivity contribution in [1.82, 2.24) is 10.3 Å².